The van der Waals surface area contributed by atoms with E-state index in [0.29, 0.717) is 12.1 Å². The molecular weight excluding hydrogens is 246 g/mol. The van der Waals surface area contributed by atoms with E-state index in [9.17, 15) is 0 Å². The summed E-state index contributed by atoms with van der Waals surface area (Å²) in [4.78, 5) is 0. The van der Waals surface area contributed by atoms with E-state index < -0.39 is 0 Å². The molecule has 0 saturated carbocycles. The largest absolute Gasteiger partial charge is 0.378 e. The van der Waals surface area contributed by atoms with E-state index in [1.807, 2.05) is 12.1 Å². The van der Waals surface area contributed by atoms with E-state index in [-0.39, 0.29) is 0 Å². The first kappa shape index (κ1) is 13.9. The molecule has 2 atom stereocenters. The third-order valence-corrected chi connectivity index (χ3v) is 3.71. The number of hydrogen-bond donors (Lipinski definition) is 1. The Balaban J connectivity index is 1.90. The summed E-state index contributed by atoms with van der Waals surface area (Å²) >= 11 is 5.91. The van der Waals surface area contributed by atoms with Crippen LogP contribution >= 0.6 is 11.6 Å². The Morgan fingerprint density at radius 1 is 1.39 bits per heavy atom. The lowest BCUT2D eigenvalue weighted by molar-refractivity contribution is 0.0948. The third-order valence-electron chi connectivity index (χ3n) is 3.46. The lowest BCUT2D eigenvalue weighted by atomic mass is 9.99. The molecule has 1 aliphatic heterocycles. The molecule has 0 aliphatic carbocycles. The molecule has 0 spiro atoms. The van der Waals surface area contributed by atoms with Crippen molar-refractivity contribution in [3.8, 4) is 0 Å². The Bertz CT molecular complexity index is 346. The van der Waals surface area contributed by atoms with Gasteiger partial charge in [0, 0.05) is 17.7 Å². The molecule has 1 aliphatic rings. The SMILES string of the molecule is CCNC(Cc1ccc(Cl)cc1)CC1CCCO1. The van der Waals surface area contributed by atoms with E-state index in [1.165, 1.54) is 18.4 Å². The average Bonchev–Trinajstić information content (AvgIpc) is 2.85. The fourth-order valence-corrected chi connectivity index (χ4v) is 2.71. The van der Waals surface area contributed by atoms with Crippen molar-refractivity contribution in [1.29, 1.82) is 0 Å². The van der Waals surface area contributed by atoms with Gasteiger partial charge in [-0.15, -0.1) is 0 Å². The van der Waals surface area contributed by atoms with E-state index in [2.05, 4.69) is 24.4 Å². The lowest BCUT2D eigenvalue weighted by Gasteiger charge is -2.21. The highest BCUT2D eigenvalue weighted by molar-refractivity contribution is 6.30. The van der Waals surface area contributed by atoms with Crippen LogP contribution in [0, 0.1) is 0 Å². The second kappa shape index (κ2) is 7.13. The number of ether oxygens (including phenoxy) is 1. The number of hydrogen-bond acceptors (Lipinski definition) is 2. The molecule has 1 fully saturated rings. The zero-order chi connectivity index (χ0) is 12.8. The van der Waals surface area contributed by atoms with Crippen molar-refractivity contribution in [3.05, 3.63) is 34.9 Å². The molecule has 1 aromatic carbocycles. The molecule has 1 aromatic rings. The van der Waals surface area contributed by atoms with Crippen LogP contribution in [0.3, 0.4) is 0 Å². The van der Waals surface area contributed by atoms with Gasteiger partial charge < -0.3 is 10.1 Å². The second-order valence-electron chi connectivity index (χ2n) is 4.96. The van der Waals surface area contributed by atoms with Crippen LogP contribution in [0.5, 0.6) is 0 Å². The van der Waals surface area contributed by atoms with Crippen molar-refractivity contribution in [1.82, 2.24) is 5.32 Å². The highest BCUT2D eigenvalue weighted by Crippen LogP contribution is 2.19. The van der Waals surface area contributed by atoms with E-state index in [4.69, 9.17) is 16.3 Å². The molecule has 0 bridgehead atoms. The van der Waals surface area contributed by atoms with Gasteiger partial charge in [0.25, 0.3) is 0 Å². The van der Waals surface area contributed by atoms with Crippen molar-refractivity contribution < 1.29 is 4.74 Å². The second-order valence-corrected chi connectivity index (χ2v) is 5.39. The van der Waals surface area contributed by atoms with Crippen LogP contribution in [-0.4, -0.2) is 25.3 Å². The van der Waals surface area contributed by atoms with Gasteiger partial charge in [-0.2, -0.15) is 0 Å². The summed E-state index contributed by atoms with van der Waals surface area (Å²) in [6, 6.07) is 8.65. The summed E-state index contributed by atoms with van der Waals surface area (Å²) in [6.07, 6.45) is 5.02. The highest BCUT2D eigenvalue weighted by atomic mass is 35.5. The molecule has 0 radical (unpaired) electrons. The first-order valence-corrected chi connectivity index (χ1v) is 7.25. The minimum Gasteiger partial charge on any atom is -0.378 e. The first-order chi connectivity index (χ1) is 8.78. The van der Waals surface area contributed by atoms with E-state index in [1.54, 1.807) is 0 Å². The van der Waals surface area contributed by atoms with Crippen LogP contribution < -0.4 is 5.32 Å². The maximum Gasteiger partial charge on any atom is 0.0590 e. The maximum absolute atomic E-state index is 5.91. The topological polar surface area (TPSA) is 21.3 Å². The smallest absolute Gasteiger partial charge is 0.0590 e. The zero-order valence-corrected chi connectivity index (χ0v) is 11.7. The van der Waals surface area contributed by atoms with Crippen molar-refractivity contribution >= 4 is 11.6 Å². The van der Waals surface area contributed by atoms with Crippen molar-refractivity contribution in [3.63, 3.8) is 0 Å². The molecule has 0 aromatic heterocycles. The average molecular weight is 268 g/mol. The van der Waals surface area contributed by atoms with Gasteiger partial charge in [0.2, 0.25) is 0 Å². The van der Waals surface area contributed by atoms with Gasteiger partial charge in [-0.25, -0.2) is 0 Å². The van der Waals surface area contributed by atoms with Gasteiger partial charge in [-0.1, -0.05) is 30.7 Å². The predicted octanol–water partition coefficient (Wildman–Crippen LogP) is 3.43. The molecule has 18 heavy (non-hydrogen) atoms. The van der Waals surface area contributed by atoms with Crippen molar-refractivity contribution in [2.24, 2.45) is 0 Å². The quantitative estimate of drug-likeness (QED) is 0.853. The van der Waals surface area contributed by atoms with E-state index in [0.717, 1.165) is 31.0 Å². The van der Waals surface area contributed by atoms with Crippen LogP contribution in [0.4, 0.5) is 0 Å². The molecule has 1 N–H and O–H groups in total. The van der Waals surface area contributed by atoms with E-state index >= 15 is 0 Å². The van der Waals surface area contributed by atoms with Gasteiger partial charge in [0.15, 0.2) is 0 Å². The maximum atomic E-state index is 5.91. The highest BCUT2D eigenvalue weighted by Gasteiger charge is 2.20. The molecule has 1 heterocycles. The van der Waals surface area contributed by atoms with Crippen LogP contribution in [0.15, 0.2) is 24.3 Å². The van der Waals surface area contributed by atoms with Gasteiger partial charge in [0.05, 0.1) is 6.10 Å². The monoisotopic (exact) mass is 267 g/mol. The van der Waals surface area contributed by atoms with Crippen molar-refractivity contribution in [2.75, 3.05) is 13.2 Å². The third kappa shape index (κ3) is 4.27. The molecule has 0 amide bonds. The summed E-state index contributed by atoms with van der Waals surface area (Å²) in [5, 5.41) is 4.36. The van der Waals surface area contributed by atoms with Crippen LogP contribution in [-0.2, 0) is 11.2 Å². The number of halogens is 1. The Morgan fingerprint density at radius 3 is 2.78 bits per heavy atom. The fraction of sp³-hybridized carbons (Fsp3) is 0.600. The van der Waals surface area contributed by atoms with Gasteiger partial charge in [-0.05, 0) is 49.9 Å². The first-order valence-electron chi connectivity index (χ1n) is 6.87. The molecular formula is C15H22ClNO. The Labute approximate surface area is 115 Å². The lowest BCUT2D eigenvalue weighted by Crippen LogP contribution is -2.34. The summed E-state index contributed by atoms with van der Waals surface area (Å²) in [6.45, 7) is 4.10. The van der Waals surface area contributed by atoms with Crippen LogP contribution in [0.25, 0.3) is 0 Å². The minimum absolute atomic E-state index is 0.446. The van der Waals surface area contributed by atoms with Gasteiger partial charge >= 0.3 is 0 Å². The summed E-state index contributed by atoms with van der Waals surface area (Å²) in [5.41, 5.74) is 1.34. The molecule has 2 nitrogen and oxygen atoms in total. The Kier molecular flexibility index (Phi) is 5.48. The van der Waals surface area contributed by atoms with Crippen LogP contribution in [0.1, 0.15) is 31.7 Å². The molecule has 1 saturated heterocycles. The predicted molar refractivity (Wildman–Crippen MR) is 76.2 cm³/mol. The zero-order valence-electron chi connectivity index (χ0n) is 11.0. The summed E-state index contributed by atoms with van der Waals surface area (Å²) in [5.74, 6) is 0. The Morgan fingerprint density at radius 2 is 2.17 bits per heavy atom. The van der Waals surface area contributed by atoms with Gasteiger partial charge in [0.1, 0.15) is 0 Å². The number of rotatable bonds is 6. The Hall–Kier alpha value is -0.570. The molecule has 2 rings (SSSR count). The molecule has 100 valence electrons. The van der Waals surface area contributed by atoms with Gasteiger partial charge in [-0.3, -0.25) is 0 Å². The number of benzene rings is 1. The summed E-state index contributed by atoms with van der Waals surface area (Å²) in [7, 11) is 0. The summed E-state index contributed by atoms with van der Waals surface area (Å²) < 4.78 is 5.73. The number of likely N-dealkylation sites (N-methyl/N-ethyl adjacent to an activating group) is 1. The normalized spacial score (nSPS) is 21.1. The molecule has 2 unspecified atom stereocenters. The standard InChI is InChI=1S/C15H22ClNO/c1-2-17-14(11-15-4-3-9-18-15)10-12-5-7-13(16)8-6-12/h5-8,14-15,17H,2-4,9-11H2,1H3. The molecule has 3 heteroatoms. The van der Waals surface area contributed by atoms with Crippen LogP contribution in [0.2, 0.25) is 5.02 Å². The number of nitrogens with one attached hydrogen (secondary N) is 1. The van der Waals surface area contributed by atoms with Crippen molar-refractivity contribution in [2.45, 2.75) is 44.8 Å². The fourth-order valence-electron chi connectivity index (χ4n) is 2.58. The minimum atomic E-state index is 0.446.